The highest BCUT2D eigenvalue weighted by molar-refractivity contribution is 8.04. The van der Waals surface area contributed by atoms with E-state index in [0.29, 0.717) is 32.6 Å². The molecule has 0 saturated heterocycles. The SMILES string of the molecule is COc1cccc(OC)c1CS(=O)(=O)c1ccc2c(c1)SC(=Cc1ccccc1)C(=O)N2. The van der Waals surface area contributed by atoms with Gasteiger partial charge in [0.2, 0.25) is 0 Å². The summed E-state index contributed by atoms with van der Waals surface area (Å²) in [4.78, 5) is 13.8. The molecule has 0 spiro atoms. The highest BCUT2D eigenvalue weighted by Crippen LogP contribution is 2.41. The number of amides is 1. The number of fused-ring (bicyclic) bond motifs is 1. The third-order valence-corrected chi connectivity index (χ3v) is 7.69. The quantitative estimate of drug-likeness (QED) is 0.526. The second-order valence-electron chi connectivity index (χ2n) is 7.03. The molecular weight excluding hydrogens is 446 g/mol. The fraction of sp³-hybridized carbons (Fsp3) is 0.125. The molecule has 0 aromatic heterocycles. The lowest BCUT2D eigenvalue weighted by Crippen LogP contribution is -2.17. The number of thioether (sulfide) groups is 1. The first-order valence-corrected chi connectivity index (χ1v) is 12.2. The minimum absolute atomic E-state index is 0.159. The standard InChI is InChI=1S/C24H21NO5S2/c1-29-20-9-6-10-21(30-2)18(20)15-32(27,28)17-11-12-19-22(14-17)31-23(24(26)25-19)13-16-7-4-3-5-8-16/h3-14H,15H2,1-2H3,(H,25,26). The van der Waals surface area contributed by atoms with Crippen LogP contribution in [0.5, 0.6) is 11.5 Å². The number of anilines is 1. The third-order valence-electron chi connectivity index (χ3n) is 4.97. The van der Waals surface area contributed by atoms with Crippen molar-refractivity contribution in [3.8, 4) is 11.5 Å². The molecule has 1 aliphatic rings. The van der Waals surface area contributed by atoms with Crippen molar-refractivity contribution in [2.45, 2.75) is 15.5 Å². The zero-order valence-corrected chi connectivity index (χ0v) is 19.1. The van der Waals surface area contributed by atoms with Crippen LogP contribution in [0.15, 0.2) is 81.4 Å². The van der Waals surface area contributed by atoms with Gasteiger partial charge in [-0.1, -0.05) is 48.2 Å². The van der Waals surface area contributed by atoms with E-state index in [-0.39, 0.29) is 16.6 Å². The summed E-state index contributed by atoms with van der Waals surface area (Å²) in [5.74, 6) is 0.393. The van der Waals surface area contributed by atoms with Gasteiger partial charge in [-0.25, -0.2) is 8.42 Å². The highest BCUT2D eigenvalue weighted by Gasteiger charge is 2.26. The van der Waals surface area contributed by atoms with Crippen molar-refractivity contribution in [3.63, 3.8) is 0 Å². The van der Waals surface area contributed by atoms with Crippen LogP contribution in [0.4, 0.5) is 5.69 Å². The van der Waals surface area contributed by atoms with E-state index >= 15 is 0 Å². The lowest BCUT2D eigenvalue weighted by molar-refractivity contribution is -0.112. The van der Waals surface area contributed by atoms with Gasteiger partial charge in [-0.15, -0.1) is 0 Å². The van der Waals surface area contributed by atoms with Crippen molar-refractivity contribution in [3.05, 3.63) is 82.8 Å². The summed E-state index contributed by atoms with van der Waals surface area (Å²) in [5.41, 5.74) is 1.93. The molecule has 0 radical (unpaired) electrons. The van der Waals surface area contributed by atoms with Gasteiger partial charge in [0.1, 0.15) is 11.5 Å². The Hall–Kier alpha value is -3.23. The molecule has 164 valence electrons. The zero-order valence-electron chi connectivity index (χ0n) is 17.5. The van der Waals surface area contributed by atoms with Crippen molar-refractivity contribution in [1.29, 1.82) is 0 Å². The van der Waals surface area contributed by atoms with Crippen molar-refractivity contribution in [2.75, 3.05) is 19.5 Å². The topological polar surface area (TPSA) is 81.7 Å². The molecule has 0 unspecified atom stereocenters. The number of sulfone groups is 1. The number of hydrogen-bond acceptors (Lipinski definition) is 6. The molecule has 6 nitrogen and oxygen atoms in total. The smallest absolute Gasteiger partial charge is 0.262 e. The molecule has 0 fully saturated rings. The molecule has 1 amide bonds. The first kappa shape index (κ1) is 22.0. The predicted molar refractivity (Wildman–Crippen MR) is 126 cm³/mol. The molecule has 1 heterocycles. The fourth-order valence-electron chi connectivity index (χ4n) is 3.37. The van der Waals surface area contributed by atoms with Gasteiger partial charge in [-0.05, 0) is 42.0 Å². The van der Waals surface area contributed by atoms with Crippen molar-refractivity contribution in [2.24, 2.45) is 0 Å². The Morgan fingerprint density at radius 3 is 2.28 bits per heavy atom. The minimum Gasteiger partial charge on any atom is -0.496 e. The van der Waals surface area contributed by atoms with Crippen LogP contribution in [0.3, 0.4) is 0 Å². The van der Waals surface area contributed by atoms with Crippen molar-refractivity contribution >= 4 is 39.3 Å². The van der Waals surface area contributed by atoms with E-state index in [1.54, 1.807) is 36.4 Å². The Kier molecular flexibility index (Phi) is 6.25. The van der Waals surface area contributed by atoms with Crippen LogP contribution in [-0.4, -0.2) is 28.5 Å². The molecule has 3 aromatic rings. The number of methoxy groups -OCH3 is 2. The fourth-order valence-corrected chi connectivity index (χ4v) is 5.84. The third kappa shape index (κ3) is 4.51. The largest absolute Gasteiger partial charge is 0.496 e. The monoisotopic (exact) mass is 467 g/mol. The number of benzene rings is 3. The molecular formula is C24H21NO5S2. The molecule has 3 aromatic carbocycles. The number of carbonyl (C=O) groups excluding carboxylic acids is 1. The number of nitrogens with one attached hydrogen (secondary N) is 1. The van der Waals surface area contributed by atoms with E-state index in [1.807, 2.05) is 30.3 Å². The van der Waals surface area contributed by atoms with E-state index in [2.05, 4.69) is 5.32 Å². The maximum Gasteiger partial charge on any atom is 0.262 e. The van der Waals surface area contributed by atoms with Gasteiger partial charge in [0.15, 0.2) is 9.84 Å². The molecule has 4 rings (SSSR count). The second kappa shape index (κ2) is 9.10. The Morgan fingerprint density at radius 2 is 1.62 bits per heavy atom. The van der Waals surface area contributed by atoms with Gasteiger partial charge >= 0.3 is 0 Å². The second-order valence-corrected chi connectivity index (χ2v) is 10.1. The van der Waals surface area contributed by atoms with Crippen LogP contribution in [-0.2, 0) is 20.4 Å². The Bertz CT molecular complexity index is 1280. The predicted octanol–water partition coefficient (Wildman–Crippen LogP) is 4.76. The van der Waals surface area contributed by atoms with E-state index in [9.17, 15) is 13.2 Å². The first-order chi connectivity index (χ1) is 15.4. The summed E-state index contributed by atoms with van der Waals surface area (Å²) in [7, 11) is -0.728. The van der Waals surface area contributed by atoms with Crippen molar-refractivity contribution in [1.82, 2.24) is 0 Å². The summed E-state index contributed by atoms with van der Waals surface area (Å²) in [6.07, 6.45) is 1.78. The summed E-state index contributed by atoms with van der Waals surface area (Å²) in [6.45, 7) is 0. The normalized spacial score (nSPS) is 14.6. The number of carbonyl (C=O) groups is 1. The van der Waals surface area contributed by atoms with Gasteiger partial charge in [0.05, 0.1) is 41.0 Å². The summed E-state index contributed by atoms with van der Waals surface area (Å²) >= 11 is 1.25. The van der Waals surface area contributed by atoms with Gasteiger partial charge in [0, 0.05) is 4.90 Å². The van der Waals surface area contributed by atoms with Gasteiger partial charge < -0.3 is 14.8 Å². The Balaban J connectivity index is 1.67. The lowest BCUT2D eigenvalue weighted by atomic mass is 10.2. The number of ether oxygens (including phenoxy) is 2. The molecule has 0 bridgehead atoms. The van der Waals surface area contributed by atoms with Crippen LogP contribution < -0.4 is 14.8 Å². The maximum atomic E-state index is 13.2. The van der Waals surface area contributed by atoms with Crippen LogP contribution >= 0.6 is 11.8 Å². The molecule has 1 aliphatic heterocycles. The average molecular weight is 468 g/mol. The zero-order chi connectivity index (χ0) is 22.7. The van der Waals surface area contributed by atoms with Crippen molar-refractivity contribution < 1.29 is 22.7 Å². The summed E-state index contributed by atoms with van der Waals surface area (Å²) in [5, 5.41) is 2.83. The Morgan fingerprint density at radius 1 is 0.938 bits per heavy atom. The van der Waals surface area contributed by atoms with Gasteiger partial charge in [0.25, 0.3) is 5.91 Å². The van der Waals surface area contributed by atoms with Gasteiger partial charge in [-0.2, -0.15) is 0 Å². The first-order valence-electron chi connectivity index (χ1n) is 9.74. The van der Waals surface area contributed by atoms with Crippen LogP contribution in [0, 0.1) is 0 Å². The van der Waals surface area contributed by atoms with E-state index in [0.717, 1.165) is 5.56 Å². The number of rotatable bonds is 6. The van der Waals surface area contributed by atoms with Crippen LogP contribution in [0.2, 0.25) is 0 Å². The average Bonchev–Trinajstić information content (AvgIpc) is 2.80. The van der Waals surface area contributed by atoms with E-state index in [4.69, 9.17) is 9.47 Å². The van der Waals surface area contributed by atoms with E-state index < -0.39 is 9.84 Å². The Labute approximate surface area is 191 Å². The van der Waals surface area contributed by atoms with Gasteiger partial charge in [-0.3, -0.25) is 4.79 Å². The highest BCUT2D eigenvalue weighted by atomic mass is 32.2. The molecule has 1 N–H and O–H groups in total. The maximum absolute atomic E-state index is 13.2. The van der Waals surface area contributed by atoms with Crippen LogP contribution in [0.25, 0.3) is 6.08 Å². The molecule has 8 heteroatoms. The summed E-state index contributed by atoms with van der Waals surface area (Å²) < 4.78 is 37.2. The molecule has 32 heavy (non-hydrogen) atoms. The lowest BCUT2D eigenvalue weighted by Gasteiger charge is -2.20. The molecule has 0 atom stereocenters. The number of hydrogen-bond donors (Lipinski definition) is 1. The molecule has 0 aliphatic carbocycles. The van der Waals surface area contributed by atoms with Crippen LogP contribution in [0.1, 0.15) is 11.1 Å². The van der Waals surface area contributed by atoms with E-state index in [1.165, 1.54) is 32.0 Å². The minimum atomic E-state index is -3.71. The summed E-state index contributed by atoms with van der Waals surface area (Å²) in [6, 6.07) is 19.3. The molecule has 0 saturated carbocycles.